The van der Waals surface area contributed by atoms with Crippen molar-refractivity contribution >= 4 is 33.1 Å². The zero-order valence-electron chi connectivity index (χ0n) is 24.5. The number of nitrogens with one attached hydrogen (secondary N) is 2. The molecule has 43 heavy (non-hydrogen) atoms. The highest BCUT2D eigenvalue weighted by atomic mass is 19.3. The molecule has 2 aromatic carbocycles. The lowest BCUT2D eigenvalue weighted by Gasteiger charge is -2.24. The van der Waals surface area contributed by atoms with Crippen LogP contribution in [0, 0.1) is 28.1 Å². The van der Waals surface area contributed by atoms with Gasteiger partial charge in [-0.15, -0.1) is 5.10 Å². The quantitative estimate of drug-likeness (QED) is 0.206. The second-order valence-electron chi connectivity index (χ2n) is 12.2. The maximum Gasteiger partial charge on any atom is 0.262 e. The lowest BCUT2D eigenvalue weighted by Crippen LogP contribution is -2.34. The highest BCUT2D eigenvalue weighted by molar-refractivity contribution is 5.99. The second-order valence-corrected chi connectivity index (χ2v) is 12.2. The molecule has 0 radical (unpaired) electrons. The fourth-order valence-corrected chi connectivity index (χ4v) is 4.77. The Morgan fingerprint density at radius 1 is 0.977 bits per heavy atom. The molecule has 5 aromatic rings. The summed E-state index contributed by atoms with van der Waals surface area (Å²) in [7, 11) is 0. The summed E-state index contributed by atoms with van der Waals surface area (Å²) in [6, 6.07) is 14.9. The molecule has 218 valence electrons. The van der Waals surface area contributed by atoms with Gasteiger partial charge in [-0.3, -0.25) is 9.97 Å². The average Bonchev–Trinajstić information content (AvgIpc) is 3.48. The van der Waals surface area contributed by atoms with Crippen molar-refractivity contribution in [3.05, 3.63) is 83.6 Å². The number of hydrogen-bond donors (Lipinski definition) is 2. The molecule has 2 N–H and O–H groups in total. The van der Waals surface area contributed by atoms with Crippen LogP contribution in [-0.2, 0) is 5.54 Å². The molecule has 0 aliphatic carbocycles. The fraction of sp³-hybridized carbons (Fsp3) is 0.312. The van der Waals surface area contributed by atoms with Crippen LogP contribution in [0.2, 0.25) is 0 Å². The smallest absolute Gasteiger partial charge is 0.262 e. The third-order valence-electron chi connectivity index (χ3n) is 7.28. The summed E-state index contributed by atoms with van der Waals surface area (Å²) < 4.78 is 28.9. The van der Waals surface area contributed by atoms with Gasteiger partial charge in [0.25, 0.3) is 6.43 Å². The minimum Gasteiger partial charge on any atom is -0.383 e. The zero-order valence-corrected chi connectivity index (χ0v) is 24.5. The molecule has 0 unspecified atom stereocenters. The molecular formula is C32H31F2N9. The van der Waals surface area contributed by atoms with Crippen LogP contribution in [-0.4, -0.2) is 37.9 Å². The van der Waals surface area contributed by atoms with E-state index in [4.69, 9.17) is 0 Å². The summed E-state index contributed by atoms with van der Waals surface area (Å²) in [5.74, 6) is 0. The summed E-state index contributed by atoms with van der Waals surface area (Å²) in [4.78, 5) is 8.67. The molecule has 0 aliphatic heterocycles. The molecule has 0 fully saturated rings. The molecular weight excluding hydrogens is 548 g/mol. The molecule has 0 amide bonds. The summed E-state index contributed by atoms with van der Waals surface area (Å²) in [5, 5.41) is 37.6. The van der Waals surface area contributed by atoms with Gasteiger partial charge < -0.3 is 10.6 Å². The van der Waals surface area contributed by atoms with Crippen molar-refractivity contribution in [3.8, 4) is 12.1 Å². The van der Waals surface area contributed by atoms with Crippen LogP contribution < -0.4 is 10.6 Å². The predicted octanol–water partition coefficient (Wildman–Crippen LogP) is 6.78. The lowest BCUT2D eigenvalue weighted by atomic mass is 9.96. The Hall–Kier alpha value is -5.16. The van der Waals surface area contributed by atoms with Crippen LogP contribution in [0.15, 0.2) is 61.2 Å². The Kier molecular flexibility index (Phi) is 7.68. The van der Waals surface area contributed by atoms with Crippen molar-refractivity contribution in [2.75, 3.05) is 17.2 Å². The molecule has 0 saturated heterocycles. The van der Waals surface area contributed by atoms with E-state index < -0.39 is 18.0 Å². The number of alkyl halides is 2. The van der Waals surface area contributed by atoms with Crippen LogP contribution in [0.3, 0.4) is 0 Å². The minimum absolute atomic E-state index is 0.0810. The molecule has 1 atom stereocenters. The molecule has 11 heteroatoms. The van der Waals surface area contributed by atoms with Gasteiger partial charge in [-0.25, -0.2) is 13.5 Å². The van der Waals surface area contributed by atoms with Gasteiger partial charge >= 0.3 is 0 Å². The summed E-state index contributed by atoms with van der Waals surface area (Å²) >= 11 is 0. The summed E-state index contributed by atoms with van der Waals surface area (Å²) in [6.07, 6.45) is 3.75. The zero-order chi connectivity index (χ0) is 30.9. The fourth-order valence-electron chi connectivity index (χ4n) is 4.77. The Bertz CT molecular complexity index is 1890. The number of fused-ring (bicyclic) bond motifs is 2. The van der Waals surface area contributed by atoms with Gasteiger partial charge in [-0.05, 0) is 48.4 Å². The third kappa shape index (κ3) is 5.80. The van der Waals surface area contributed by atoms with Gasteiger partial charge in [-0.2, -0.15) is 10.5 Å². The van der Waals surface area contributed by atoms with Crippen molar-refractivity contribution in [1.82, 2.24) is 25.0 Å². The van der Waals surface area contributed by atoms with E-state index in [9.17, 15) is 19.3 Å². The van der Waals surface area contributed by atoms with Crippen LogP contribution in [0.5, 0.6) is 0 Å². The number of nitriles is 2. The second kappa shape index (κ2) is 11.3. The number of pyridine rings is 2. The van der Waals surface area contributed by atoms with Gasteiger partial charge in [0.15, 0.2) is 0 Å². The number of halogens is 2. The highest BCUT2D eigenvalue weighted by Crippen LogP contribution is 2.36. The van der Waals surface area contributed by atoms with Gasteiger partial charge in [0.2, 0.25) is 0 Å². The maximum atomic E-state index is 13.9. The first-order chi connectivity index (χ1) is 20.4. The van der Waals surface area contributed by atoms with E-state index in [1.54, 1.807) is 18.5 Å². The molecule has 9 nitrogen and oxygen atoms in total. The monoisotopic (exact) mass is 579 g/mol. The van der Waals surface area contributed by atoms with E-state index in [2.05, 4.69) is 63.8 Å². The van der Waals surface area contributed by atoms with Crippen molar-refractivity contribution in [3.63, 3.8) is 0 Å². The number of anilines is 2. The molecule has 0 bridgehead atoms. The van der Waals surface area contributed by atoms with E-state index >= 15 is 0 Å². The standard InChI is InChI=1S/C32H31F2N9/c1-31(2,3)18-39-28-21(14-36)16-38-27-20(13-35)11-22(12-25(27)28)40-29(24-8-6-7-19-15-37-10-9-23(19)24)26-17-43(42-41-26)32(4,5)30(33)34/h6-12,15-17,29-30,40H,18H2,1-5H3,(H,38,39)/t29-/m0/s1. The van der Waals surface area contributed by atoms with Gasteiger partial charge in [0.1, 0.15) is 23.4 Å². The topological polar surface area (TPSA) is 128 Å². The first-order valence-corrected chi connectivity index (χ1v) is 13.7. The first-order valence-electron chi connectivity index (χ1n) is 13.7. The predicted molar refractivity (Wildman–Crippen MR) is 162 cm³/mol. The van der Waals surface area contributed by atoms with Gasteiger partial charge in [0, 0.05) is 41.6 Å². The Balaban J connectivity index is 1.69. The van der Waals surface area contributed by atoms with Crippen molar-refractivity contribution in [1.29, 1.82) is 10.5 Å². The normalized spacial score (nSPS) is 12.7. The lowest BCUT2D eigenvalue weighted by molar-refractivity contribution is 0.0191. The van der Waals surface area contributed by atoms with E-state index in [1.807, 2.05) is 30.3 Å². The first kappa shape index (κ1) is 29.3. The molecule has 5 rings (SSSR count). The van der Waals surface area contributed by atoms with E-state index in [0.29, 0.717) is 45.6 Å². The Morgan fingerprint density at radius 3 is 2.44 bits per heavy atom. The highest BCUT2D eigenvalue weighted by Gasteiger charge is 2.34. The number of aromatic nitrogens is 5. The van der Waals surface area contributed by atoms with E-state index in [0.717, 1.165) is 16.3 Å². The average molecular weight is 580 g/mol. The Labute approximate surface area is 248 Å². The van der Waals surface area contributed by atoms with Crippen molar-refractivity contribution in [2.45, 2.75) is 52.6 Å². The van der Waals surface area contributed by atoms with Crippen LogP contribution in [0.4, 0.5) is 20.2 Å². The molecule has 3 aromatic heterocycles. The SMILES string of the molecule is CC(C)(C)CNc1c(C#N)cnc2c(C#N)cc(N[C@H](c3cn(C(C)(C)C(F)F)nn3)c3cccc4cnccc34)cc12. The van der Waals surface area contributed by atoms with E-state index in [1.165, 1.54) is 30.9 Å². The number of rotatable bonds is 8. The van der Waals surface area contributed by atoms with Crippen LogP contribution >= 0.6 is 0 Å². The van der Waals surface area contributed by atoms with Crippen molar-refractivity contribution < 1.29 is 8.78 Å². The summed E-state index contributed by atoms with van der Waals surface area (Å²) in [5.41, 5.74) is 1.83. The molecule has 0 spiro atoms. The number of benzene rings is 2. The summed E-state index contributed by atoms with van der Waals surface area (Å²) in [6.45, 7) is 9.62. The molecule has 0 aliphatic rings. The third-order valence-corrected chi connectivity index (χ3v) is 7.28. The van der Waals surface area contributed by atoms with Gasteiger partial charge in [0.05, 0.1) is 34.6 Å². The number of hydrogen-bond acceptors (Lipinski definition) is 8. The minimum atomic E-state index is -2.67. The Morgan fingerprint density at radius 2 is 1.74 bits per heavy atom. The van der Waals surface area contributed by atoms with Crippen LogP contribution in [0.1, 0.15) is 63.0 Å². The van der Waals surface area contributed by atoms with Crippen LogP contribution in [0.25, 0.3) is 21.7 Å². The largest absolute Gasteiger partial charge is 0.383 e. The van der Waals surface area contributed by atoms with E-state index in [-0.39, 0.29) is 5.41 Å². The number of nitrogens with zero attached hydrogens (tertiary/aromatic N) is 7. The molecule has 0 saturated carbocycles. The van der Waals surface area contributed by atoms with Crippen molar-refractivity contribution in [2.24, 2.45) is 5.41 Å². The molecule has 3 heterocycles. The maximum absolute atomic E-state index is 13.9. The van der Waals surface area contributed by atoms with Gasteiger partial charge in [-0.1, -0.05) is 44.2 Å².